The van der Waals surface area contributed by atoms with Crippen molar-refractivity contribution >= 4 is 11.8 Å². The van der Waals surface area contributed by atoms with Gasteiger partial charge in [0.25, 0.3) is 5.91 Å². The number of nitrogens with zero attached hydrogens (tertiary/aromatic N) is 2. The molecule has 2 unspecified atom stereocenters. The van der Waals surface area contributed by atoms with Crippen LogP contribution in [0, 0.1) is 11.3 Å². The first-order chi connectivity index (χ1) is 13.2. The fourth-order valence-electron chi connectivity index (χ4n) is 3.22. The van der Waals surface area contributed by atoms with Gasteiger partial charge in [0.15, 0.2) is 0 Å². The predicted molar refractivity (Wildman–Crippen MR) is 105 cm³/mol. The van der Waals surface area contributed by atoms with Crippen LogP contribution in [0.1, 0.15) is 48.3 Å². The van der Waals surface area contributed by atoms with Crippen molar-refractivity contribution in [3.05, 3.63) is 65.2 Å². The molecule has 0 radical (unpaired) electrons. The molecule has 1 aliphatic heterocycles. The fourth-order valence-corrected chi connectivity index (χ4v) is 3.22. The topological polar surface area (TPSA) is 134 Å². The van der Waals surface area contributed by atoms with Gasteiger partial charge in [-0.15, -0.1) is 0 Å². The second-order valence-electron chi connectivity index (χ2n) is 7.16. The molecule has 0 spiro atoms. The molecule has 0 aliphatic carbocycles. The molecule has 2 aromatic carbocycles. The van der Waals surface area contributed by atoms with Crippen molar-refractivity contribution in [1.29, 1.82) is 5.26 Å². The van der Waals surface area contributed by atoms with Crippen molar-refractivity contribution in [2.45, 2.75) is 38.5 Å². The van der Waals surface area contributed by atoms with Crippen LogP contribution >= 0.6 is 0 Å². The average molecular weight is 397 g/mol. The summed E-state index contributed by atoms with van der Waals surface area (Å²) >= 11 is 0. The zero-order valence-corrected chi connectivity index (χ0v) is 16.3. The van der Waals surface area contributed by atoms with Gasteiger partial charge in [-0.1, -0.05) is 18.2 Å². The minimum atomic E-state index is -1.14. The lowest BCUT2D eigenvalue weighted by atomic mass is 9.85. The van der Waals surface area contributed by atoms with E-state index in [4.69, 9.17) is 4.74 Å². The molecule has 2 atom stereocenters. The number of hydrogen-bond donors (Lipinski definition) is 2. The molecule has 4 N–H and O–H groups in total. The Morgan fingerprint density at radius 2 is 1.86 bits per heavy atom. The monoisotopic (exact) mass is 397 g/mol. The Labute approximate surface area is 168 Å². The van der Waals surface area contributed by atoms with Crippen molar-refractivity contribution in [2.24, 2.45) is 0 Å². The van der Waals surface area contributed by atoms with Crippen LogP contribution in [0.2, 0.25) is 0 Å². The van der Waals surface area contributed by atoms with Gasteiger partial charge < -0.3 is 15.3 Å². The number of rotatable bonds is 2. The number of benzene rings is 2. The standard InChI is InChI=1S/C21H21N3O4.H2O/c1-13(25)24(23-20(27)15-7-5-4-6-8-15)18-16-11-14(12-22)9-10-17(16)28-21(2,3)19(18)26;/h4-11,18-19,26H,1-3H3,(H,23,27);1H2. The molecule has 152 valence electrons. The summed E-state index contributed by atoms with van der Waals surface area (Å²) in [7, 11) is 0. The van der Waals surface area contributed by atoms with E-state index < -0.39 is 29.6 Å². The number of amides is 2. The predicted octanol–water partition coefficient (Wildman–Crippen LogP) is 1.50. The zero-order valence-electron chi connectivity index (χ0n) is 16.3. The van der Waals surface area contributed by atoms with Crippen LogP contribution in [-0.4, -0.2) is 39.1 Å². The van der Waals surface area contributed by atoms with Crippen molar-refractivity contribution in [3.63, 3.8) is 0 Å². The Morgan fingerprint density at radius 3 is 2.45 bits per heavy atom. The Hall–Kier alpha value is -3.41. The number of aliphatic hydroxyl groups is 1. The van der Waals surface area contributed by atoms with Gasteiger partial charge in [-0.2, -0.15) is 5.26 Å². The number of aliphatic hydroxyl groups excluding tert-OH is 1. The fraction of sp³-hybridized carbons (Fsp3) is 0.286. The zero-order chi connectivity index (χ0) is 20.5. The van der Waals surface area contributed by atoms with Gasteiger partial charge >= 0.3 is 0 Å². The van der Waals surface area contributed by atoms with E-state index in [1.807, 2.05) is 6.07 Å². The lowest BCUT2D eigenvalue weighted by Crippen LogP contribution is -2.58. The van der Waals surface area contributed by atoms with Gasteiger partial charge in [0.1, 0.15) is 23.5 Å². The minimum Gasteiger partial charge on any atom is -0.485 e. The highest BCUT2D eigenvalue weighted by Gasteiger charge is 2.47. The number of carbonyl (C=O) groups is 2. The van der Waals surface area contributed by atoms with E-state index in [1.54, 1.807) is 62.4 Å². The quantitative estimate of drug-likeness (QED) is 0.741. The van der Waals surface area contributed by atoms with E-state index in [-0.39, 0.29) is 5.48 Å². The molecule has 0 fully saturated rings. The summed E-state index contributed by atoms with van der Waals surface area (Å²) in [6.45, 7) is 4.70. The van der Waals surface area contributed by atoms with E-state index in [1.165, 1.54) is 6.92 Å². The lowest BCUT2D eigenvalue weighted by Gasteiger charge is -2.45. The number of fused-ring (bicyclic) bond motifs is 1. The van der Waals surface area contributed by atoms with Crippen LogP contribution in [0.15, 0.2) is 48.5 Å². The molecule has 8 nitrogen and oxygen atoms in total. The van der Waals surface area contributed by atoms with Crippen molar-refractivity contribution < 1.29 is 24.9 Å². The molecule has 3 rings (SSSR count). The summed E-state index contributed by atoms with van der Waals surface area (Å²) in [5.41, 5.74) is 2.77. The van der Waals surface area contributed by atoms with Gasteiger partial charge in [-0.05, 0) is 44.2 Å². The highest BCUT2D eigenvalue weighted by Crippen LogP contribution is 2.42. The third-order valence-electron chi connectivity index (χ3n) is 4.72. The second-order valence-corrected chi connectivity index (χ2v) is 7.16. The lowest BCUT2D eigenvalue weighted by molar-refractivity contribution is -0.147. The Morgan fingerprint density at radius 1 is 1.21 bits per heavy atom. The summed E-state index contributed by atoms with van der Waals surface area (Å²) in [5, 5.41) is 21.3. The van der Waals surface area contributed by atoms with Crippen LogP contribution in [0.4, 0.5) is 0 Å². The highest BCUT2D eigenvalue weighted by molar-refractivity contribution is 5.95. The van der Waals surface area contributed by atoms with Crippen LogP contribution in [0.25, 0.3) is 0 Å². The molecule has 29 heavy (non-hydrogen) atoms. The Kier molecular flexibility index (Phi) is 6.27. The Balaban J connectivity index is 0.00000300. The molecule has 2 amide bonds. The molecule has 2 aromatic rings. The van der Waals surface area contributed by atoms with Gasteiger partial charge in [-0.25, -0.2) is 5.01 Å². The number of nitriles is 1. The maximum absolute atomic E-state index is 12.6. The Bertz CT molecular complexity index is 953. The highest BCUT2D eigenvalue weighted by atomic mass is 16.5. The summed E-state index contributed by atoms with van der Waals surface area (Å²) in [5.74, 6) is -0.496. The van der Waals surface area contributed by atoms with Gasteiger partial charge in [0.2, 0.25) is 5.91 Å². The van der Waals surface area contributed by atoms with Gasteiger partial charge in [-0.3, -0.25) is 15.0 Å². The number of hydrogen-bond acceptors (Lipinski definition) is 5. The smallest absolute Gasteiger partial charge is 0.269 e. The van der Waals surface area contributed by atoms with E-state index in [9.17, 15) is 20.0 Å². The molecule has 1 aliphatic rings. The van der Waals surface area contributed by atoms with Crippen LogP contribution in [0.5, 0.6) is 5.75 Å². The number of nitrogens with one attached hydrogen (secondary N) is 1. The normalized spacial score (nSPS) is 18.9. The molecule has 0 bridgehead atoms. The summed E-state index contributed by atoms with van der Waals surface area (Å²) in [6, 6.07) is 14.4. The van der Waals surface area contributed by atoms with Crippen LogP contribution in [0.3, 0.4) is 0 Å². The minimum absolute atomic E-state index is 0. The first-order valence-electron chi connectivity index (χ1n) is 8.81. The number of hydrazine groups is 1. The van der Waals surface area contributed by atoms with Crippen molar-refractivity contribution in [3.8, 4) is 11.8 Å². The van der Waals surface area contributed by atoms with Gasteiger partial charge in [0.05, 0.1) is 11.6 Å². The molecule has 0 aromatic heterocycles. The van der Waals surface area contributed by atoms with E-state index in [2.05, 4.69) is 5.43 Å². The molecular weight excluding hydrogens is 374 g/mol. The average Bonchev–Trinajstić information content (AvgIpc) is 2.67. The maximum Gasteiger partial charge on any atom is 0.269 e. The van der Waals surface area contributed by atoms with E-state index in [0.717, 1.165) is 5.01 Å². The SMILES string of the molecule is CC(=O)N(NC(=O)c1ccccc1)C1c2cc(C#N)ccc2OC(C)(C)C1O.O. The molecule has 8 heteroatoms. The molecule has 0 saturated carbocycles. The molecule has 0 saturated heterocycles. The summed E-state index contributed by atoms with van der Waals surface area (Å²) < 4.78 is 5.87. The van der Waals surface area contributed by atoms with E-state index in [0.29, 0.717) is 22.4 Å². The molecule has 1 heterocycles. The summed E-state index contributed by atoms with van der Waals surface area (Å²) in [4.78, 5) is 25.1. The second kappa shape index (κ2) is 8.31. The molecular formula is C21H23N3O5. The van der Waals surface area contributed by atoms with Crippen LogP contribution < -0.4 is 10.2 Å². The van der Waals surface area contributed by atoms with Crippen LogP contribution in [-0.2, 0) is 4.79 Å². The number of carbonyl (C=O) groups excluding carboxylic acids is 2. The first-order valence-corrected chi connectivity index (χ1v) is 8.81. The summed E-state index contributed by atoms with van der Waals surface area (Å²) in [6.07, 6.45) is -1.14. The number of ether oxygens (including phenoxy) is 1. The van der Waals surface area contributed by atoms with Crippen molar-refractivity contribution in [2.75, 3.05) is 0 Å². The largest absolute Gasteiger partial charge is 0.485 e. The maximum atomic E-state index is 12.6. The third kappa shape index (κ3) is 4.21. The van der Waals surface area contributed by atoms with Gasteiger partial charge in [0, 0.05) is 18.1 Å². The third-order valence-corrected chi connectivity index (χ3v) is 4.72. The van der Waals surface area contributed by atoms with Crippen molar-refractivity contribution in [1.82, 2.24) is 10.4 Å². The van der Waals surface area contributed by atoms with E-state index >= 15 is 0 Å². The first kappa shape index (κ1) is 21.9.